The third-order valence-electron chi connectivity index (χ3n) is 1.47. The van der Waals surface area contributed by atoms with Crippen LogP contribution in [0.25, 0.3) is 0 Å². The van der Waals surface area contributed by atoms with Crippen molar-refractivity contribution in [3.8, 4) is 12.3 Å². The highest BCUT2D eigenvalue weighted by Crippen LogP contribution is 3.02. The summed E-state index contributed by atoms with van der Waals surface area (Å²) in [6.07, 6.45) is 4.87. The molecule has 1 aromatic rings. The summed E-state index contributed by atoms with van der Waals surface area (Å²) >= 11 is 0. The quantitative estimate of drug-likeness (QED) is 0.496. The molecule has 0 nitrogen and oxygen atoms in total. The van der Waals surface area contributed by atoms with Crippen LogP contribution >= 0.6 is 10.2 Å². The second-order valence-electron chi connectivity index (χ2n) is 2.64. The van der Waals surface area contributed by atoms with Crippen molar-refractivity contribution < 1.29 is 19.4 Å². The Morgan fingerprint density at radius 2 is 1.36 bits per heavy atom. The van der Waals surface area contributed by atoms with Crippen LogP contribution < -0.4 is 0 Å². The average Bonchev–Trinajstić information content (AvgIpc) is 2.01. The third-order valence-corrected chi connectivity index (χ3v) is 2.63. The lowest BCUT2D eigenvalue weighted by Crippen LogP contribution is -2.05. The third kappa shape index (κ3) is 2.39. The summed E-state index contributed by atoms with van der Waals surface area (Å²) in [4.78, 5) is -1.93. The van der Waals surface area contributed by atoms with Crippen molar-refractivity contribution in [1.29, 1.82) is 0 Å². The van der Waals surface area contributed by atoms with Crippen LogP contribution in [0.1, 0.15) is 5.56 Å². The lowest BCUT2D eigenvalue weighted by atomic mass is 10.2. The normalized spacial score (nSPS) is 16.6. The first-order valence-electron chi connectivity index (χ1n) is 3.34. The van der Waals surface area contributed by atoms with Crippen molar-refractivity contribution in [1.82, 2.24) is 0 Å². The van der Waals surface area contributed by atoms with Crippen molar-refractivity contribution in [2.24, 2.45) is 0 Å². The Balaban J connectivity index is 3.33. The van der Waals surface area contributed by atoms with Gasteiger partial charge in [0.1, 0.15) is 4.90 Å². The molecule has 0 radical (unpaired) electrons. The van der Waals surface area contributed by atoms with Gasteiger partial charge >= 0.3 is 10.2 Å². The summed E-state index contributed by atoms with van der Waals surface area (Å²) in [5.74, 6) is 2.03. The summed E-state index contributed by atoms with van der Waals surface area (Å²) < 4.78 is 60.7. The molecule has 0 spiro atoms. The van der Waals surface area contributed by atoms with Gasteiger partial charge in [-0.25, -0.2) is 0 Å². The molecule has 0 bridgehead atoms. The summed E-state index contributed by atoms with van der Waals surface area (Å²) in [6, 6.07) is 2.23. The molecule has 78 valence electrons. The minimum absolute atomic E-state index is 0.121. The van der Waals surface area contributed by atoms with Crippen LogP contribution in [-0.4, -0.2) is 0 Å². The van der Waals surface area contributed by atoms with E-state index in [1.54, 1.807) is 0 Å². The maximum absolute atomic E-state index is 12.1. The van der Waals surface area contributed by atoms with Crippen LogP contribution in [0, 0.1) is 12.3 Å². The van der Waals surface area contributed by atoms with E-state index in [1.165, 1.54) is 0 Å². The van der Waals surface area contributed by atoms with Crippen molar-refractivity contribution >= 4 is 10.2 Å². The standard InChI is InChI=1S/C8H5F5S/c1-2-7-3-5-8(6-4-7)14(9,10,11,12)13/h1,3-6H. The van der Waals surface area contributed by atoms with E-state index in [1.807, 2.05) is 5.92 Å². The molecule has 6 heteroatoms. The second-order valence-corrected chi connectivity index (χ2v) is 5.05. The van der Waals surface area contributed by atoms with Crippen molar-refractivity contribution in [2.45, 2.75) is 4.90 Å². The SMILES string of the molecule is C#Cc1ccc(S(F)(F)(F)(F)F)cc1. The zero-order valence-electron chi connectivity index (χ0n) is 6.68. The molecule has 0 aliphatic rings. The molecule has 1 aromatic carbocycles. The van der Waals surface area contributed by atoms with Gasteiger partial charge in [0.2, 0.25) is 0 Å². The van der Waals surface area contributed by atoms with E-state index >= 15 is 0 Å². The lowest BCUT2D eigenvalue weighted by Gasteiger charge is -2.40. The van der Waals surface area contributed by atoms with Crippen LogP contribution in [-0.2, 0) is 0 Å². The first-order chi connectivity index (χ1) is 6.03. The summed E-state index contributed by atoms with van der Waals surface area (Å²) in [6.45, 7) is 0. The highest BCUT2D eigenvalue weighted by atomic mass is 32.5. The number of hydrogen-bond donors (Lipinski definition) is 0. The van der Waals surface area contributed by atoms with Gasteiger partial charge in [-0.05, 0) is 24.3 Å². The van der Waals surface area contributed by atoms with Crippen LogP contribution in [0.4, 0.5) is 19.4 Å². The lowest BCUT2D eigenvalue weighted by molar-refractivity contribution is 0.364. The Bertz CT molecular complexity index is 393. The van der Waals surface area contributed by atoms with Gasteiger partial charge in [-0.3, -0.25) is 0 Å². The molecule has 0 N–H and O–H groups in total. The molecule has 0 amide bonds. The van der Waals surface area contributed by atoms with Crippen molar-refractivity contribution in [3.63, 3.8) is 0 Å². The number of terminal acetylenes is 1. The van der Waals surface area contributed by atoms with Crippen molar-refractivity contribution in [2.75, 3.05) is 0 Å². The molecule has 0 unspecified atom stereocenters. The Hall–Kier alpha value is -1.22. The monoisotopic (exact) mass is 228 g/mol. The maximum atomic E-state index is 12.1. The first kappa shape index (κ1) is 10.9. The zero-order chi connectivity index (χ0) is 11.1. The second kappa shape index (κ2) is 2.23. The molecule has 0 saturated carbocycles. The smallest absolute Gasteiger partial charge is 0.115 e. The van der Waals surface area contributed by atoms with E-state index in [2.05, 4.69) is 0 Å². The van der Waals surface area contributed by atoms with Crippen LogP contribution in [0.3, 0.4) is 0 Å². The van der Waals surface area contributed by atoms with Gasteiger partial charge in [-0.15, -0.1) is 6.42 Å². The Kier molecular flexibility index (Phi) is 1.73. The number of hydrogen-bond acceptors (Lipinski definition) is 0. The van der Waals surface area contributed by atoms with E-state index in [-0.39, 0.29) is 17.7 Å². The van der Waals surface area contributed by atoms with E-state index in [4.69, 9.17) is 6.42 Å². The molecule has 0 fully saturated rings. The molecule has 0 aromatic heterocycles. The van der Waals surface area contributed by atoms with Crippen LogP contribution in [0.15, 0.2) is 29.2 Å². The molecular formula is C8H5F5S. The average molecular weight is 228 g/mol. The fourth-order valence-corrected chi connectivity index (χ4v) is 1.46. The molecule has 0 saturated heterocycles. The van der Waals surface area contributed by atoms with Crippen molar-refractivity contribution in [3.05, 3.63) is 29.8 Å². The predicted molar refractivity (Wildman–Crippen MR) is 45.8 cm³/mol. The first-order valence-corrected chi connectivity index (χ1v) is 5.29. The number of rotatable bonds is 1. The van der Waals surface area contributed by atoms with Gasteiger partial charge in [0.05, 0.1) is 0 Å². The minimum atomic E-state index is -9.53. The molecule has 14 heavy (non-hydrogen) atoms. The molecule has 0 heterocycles. The van der Waals surface area contributed by atoms with Gasteiger partial charge in [-0.2, -0.15) is 0 Å². The zero-order valence-corrected chi connectivity index (χ0v) is 7.50. The molecule has 1 rings (SSSR count). The highest BCUT2D eigenvalue weighted by molar-refractivity contribution is 8.45. The highest BCUT2D eigenvalue weighted by Gasteiger charge is 2.65. The van der Waals surface area contributed by atoms with Gasteiger partial charge in [0, 0.05) is 5.56 Å². The minimum Gasteiger partial charge on any atom is -0.115 e. The summed E-state index contributed by atoms with van der Waals surface area (Å²) in [7, 11) is -9.53. The van der Waals surface area contributed by atoms with Gasteiger partial charge < -0.3 is 0 Å². The Morgan fingerprint density at radius 1 is 0.929 bits per heavy atom. The van der Waals surface area contributed by atoms with Gasteiger partial charge in [-0.1, -0.05) is 25.3 Å². The summed E-state index contributed by atoms with van der Waals surface area (Å²) in [5, 5.41) is 0. The predicted octanol–water partition coefficient (Wildman–Crippen LogP) is 4.33. The number of halogens is 5. The topological polar surface area (TPSA) is 0 Å². The van der Waals surface area contributed by atoms with Crippen LogP contribution in [0.5, 0.6) is 0 Å². The van der Waals surface area contributed by atoms with E-state index in [0.717, 1.165) is 12.1 Å². The fraction of sp³-hybridized carbons (Fsp3) is 0. The Labute approximate surface area is 77.5 Å². The van der Waals surface area contributed by atoms with Crippen LogP contribution in [0.2, 0.25) is 0 Å². The fourth-order valence-electron chi connectivity index (χ4n) is 0.808. The van der Waals surface area contributed by atoms with E-state index in [0.29, 0.717) is 0 Å². The molecule has 0 aliphatic heterocycles. The maximum Gasteiger partial charge on any atom is 0.310 e. The molecular weight excluding hydrogens is 223 g/mol. The summed E-state index contributed by atoms with van der Waals surface area (Å²) in [5.41, 5.74) is 0.121. The van der Waals surface area contributed by atoms with Gasteiger partial charge in [0.15, 0.2) is 0 Å². The largest absolute Gasteiger partial charge is 0.310 e. The number of benzene rings is 1. The van der Waals surface area contributed by atoms with E-state index < -0.39 is 15.1 Å². The van der Waals surface area contributed by atoms with Gasteiger partial charge in [0.25, 0.3) is 0 Å². The van der Waals surface area contributed by atoms with E-state index in [9.17, 15) is 19.4 Å². The Morgan fingerprint density at radius 3 is 1.64 bits per heavy atom. The molecule has 0 atom stereocenters. The molecule has 0 aliphatic carbocycles.